The molecule has 0 aliphatic rings. The van der Waals surface area contributed by atoms with Gasteiger partial charge >= 0.3 is 0 Å². The summed E-state index contributed by atoms with van der Waals surface area (Å²) in [7, 11) is 3.53. The molecule has 2 nitrogen and oxygen atoms in total. The number of benzene rings is 1. The molecule has 0 spiro atoms. The molecule has 0 bridgehead atoms. The first-order valence-electron chi connectivity index (χ1n) is 5.87. The first-order chi connectivity index (χ1) is 9.13. The second kappa shape index (κ2) is 6.50. The van der Waals surface area contributed by atoms with Crippen LogP contribution in [0.3, 0.4) is 0 Å². The van der Waals surface area contributed by atoms with Gasteiger partial charge in [-0.1, -0.05) is 15.9 Å². The standard InChI is InChI=1S/C14H15BrFNOS/c1-17-13(14-7-11(18-2)8-19-14)6-9-5-10(15)3-4-12(9)16/h3-5,7-8,13,17H,6H2,1-2H3. The van der Waals surface area contributed by atoms with E-state index < -0.39 is 0 Å². The van der Waals surface area contributed by atoms with Crippen LogP contribution >= 0.6 is 27.3 Å². The van der Waals surface area contributed by atoms with Gasteiger partial charge in [0, 0.05) is 20.8 Å². The van der Waals surface area contributed by atoms with E-state index in [9.17, 15) is 4.39 Å². The quantitative estimate of drug-likeness (QED) is 0.879. The van der Waals surface area contributed by atoms with Crippen LogP contribution < -0.4 is 10.1 Å². The van der Waals surface area contributed by atoms with Crippen LogP contribution in [0.4, 0.5) is 4.39 Å². The van der Waals surface area contributed by atoms with Crippen molar-refractivity contribution in [2.75, 3.05) is 14.2 Å². The molecular formula is C14H15BrFNOS. The smallest absolute Gasteiger partial charge is 0.129 e. The number of likely N-dealkylation sites (N-methyl/N-ethyl adjacent to an activating group) is 1. The van der Waals surface area contributed by atoms with E-state index in [1.165, 1.54) is 6.07 Å². The monoisotopic (exact) mass is 343 g/mol. The van der Waals surface area contributed by atoms with Crippen molar-refractivity contribution in [3.63, 3.8) is 0 Å². The summed E-state index contributed by atoms with van der Waals surface area (Å²) in [6.45, 7) is 0. The number of nitrogens with one attached hydrogen (secondary N) is 1. The Labute approximate surface area is 124 Å². The third kappa shape index (κ3) is 3.55. The summed E-state index contributed by atoms with van der Waals surface area (Å²) in [4.78, 5) is 1.14. The molecule has 0 fully saturated rings. The van der Waals surface area contributed by atoms with Gasteiger partial charge in [0.15, 0.2) is 0 Å². The minimum atomic E-state index is -0.174. The molecule has 0 saturated heterocycles. The minimum absolute atomic E-state index is 0.0812. The van der Waals surface area contributed by atoms with Crippen LogP contribution in [0.25, 0.3) is 0 Å². The van der Waals surface area contributed by atoms with Crippen molar-refractivity contribution >= 4 is 27.3 Å². The minimum Gasteiger partial charge on any atom is -0.496 e. The van der Waals surface area contributed by atoms with Gasteiger partial charge in [-0.25, -0.2) is 4.39 Å². The van der Waals surface area contributed by atoms with Crippen molar-refractivity contribution in [3.05, 3.63) is 50.4 Å². The fourth-order valence-electron chi connectivity index (χ4n) is 1.89. The predicted octanol–water partition coefficient (Wildman–Crippen LogP) is 4.16. The summed E-state index contributed by atoms with van der Waals surface area (Å²) in [5.74, 6) is 0.668. The molecule has 0 radical (unpaired) electrons. The fraction of sp³-hybridized carbons (Fsp3) is 0.286. The van der Waals surface area contributed by atoms with Gasteiger partial charge in [0.25, 0.3) is 0 Å². The number of thiophene rings is 1. The van der Waals surface area contributed by atoms with Crippen LogP contribution in [0, 0.1) is 5.82 Å². The molecule has 0 amide bonds. The Kier molecular flexibility index (Phi) is 4.96. The molecule has 2 rings (SSSR count). The SMILES string of the molecule is CNC(Cc1cc(Br)ccc1F)c1cc(OC)cs1. The average Bonchev–Trinajstić information content (AvgIpc) is 2.88. The van der Waals surface area contributed by atoms with E-state index in [1.54, 1.807) is 24.5 Å². The third-order valence-electron chi connectivity index (χ3n) is 2.96. The lowest BCUT2D eigenvalue weighted by molar-refractivity contribution is 0.416. The van der Waals surface area contributed by atoms with Gasteiger partial charge in [0.05, 0.1) is 7.11 Å². The number of halogens is 2. The Balaban J connectivity index is 2.21. The molecule has 1 aromatic carbocycles. The lowest BCUT2D eigenvalue weighted by Gasteiger charge is -2.15. The van der Waals surface area contributed by atoms with Crippen molar-refractivity contribution < 1.29 is 9.13 Å². The van der Waals surface area contributed by atoms with Gasteiger partial charge in [-0.2, -0.15) is 0 Å². The molecule has 2 aromatic rings. The van der Waals surface area contributed by atoms with Gasteiger partial charge < -0.3 is 10.1 Å². The van der Waals surface area contributed by atoms with E-state index in [2.05, 4.69) is 21.2 Å². The molecule has 1 aromatic heterocycles. The van der Waals surface area contributed by atoms with Gasteiger partial charge in [-0.3, -0.25) is 0 Å². The number of rotatable bonds is 5. The fourth-order valence-corrected chi connectivity index (χ4v) is 3.26. The summed E-state index contributed by atoms with van der Waals surface area (Å²) < 4.78 is 19.9. The Morgan fingerprint density at radius 1 is 1.42 bits per heavy atom. The van der Waals surface area contributed by atoms with Gasteiger partial charge in [-0.15, -0.1) is 11.3 Å². The normalized spacial score (nSPS) is 12.4. The second-order valence-electron chi connectivity index (χ2n) is 4.17. The zero-order valence-corrected chi connectivity index (χ0v) is 13.1. The molecule has 1 unspecified atom stereocenters. The lowest BCUT2D eigenvalue weighted by Crippen LogP contribution is -2.18. The van der Waals surface area contributed by atoms with Crippen molar-refractivity contribution in [1.82, 2.24) is 5.32 Å². The highest BCUT2D eigenvalue weighted by Crippen LogP contribution is 2.30. The summed E-state index contributed by atoms with van der Waals surface area (Å²) in [6.07, 6.45) is 0.603. The molecule has 102 valence electrons. The number of hydrogen-bond donors (Lipinski definition) is 1. The van der Waals surface area contributed by atoms with Crippen LogP contribution in [-0.4, -0.2) is 14.2 Å². The predicted molar refractivity (Wildman–Crippen MR) is 80.5 cm³/mol. The van der Waals surface area contributed by atoms with E-state index >= 15 is 0 Å². The van der Waals surface area contributed by atoms with E-state index in [1.807, 2.05) is 24.6 Å². The van der Waals surface area contributed by atoms with Crippen LogP contribution in [-0.2, 0) is 6.42 Å². The topological polar surface area (TPSA) is 21.3 Å². The Morgan fingerprint density at radius 2 is 2.21 bits per heavy atom. The molecule has 0 aliphatic heterocycles. The van der Waals surface area contributed by atoms with E-state index in [4.69, 9.17) is 4.74 Å². The van der Waals surface area contributed by atoms with Crippen LogP contribution in [0.15, 0.2) is 34.1 Å². The van der Waals surface area contributed by atoms with Gasteiger partial charge in [0.1, 0.15) is 11.6 Å². The molecule has 1 N–H and O–H groups in total. The molecule has 1 heterocycles. The lowest BCUT2D eigenvalue weighted by atomic mass is 10.0. The Bertz CT molecular complexity index is 558. The summed E-state index contributed by atoms with van der Waals surface area (Å²) >= 11 is 4.99. The number of ether oxygens (including phenoxy) is 1. The van der Waals surface area contributed by atoms with E-state index in [0.29, 0.717) is 12.0 Å². The summed E-state index contributed by atoms with van der Waals surface area (Å²) in [5.41, 5.74) is 0.695. The summed E-state index contributed by atoms with van der Waals surface area (Å²) in [6, 6.07) is 7.09. The molecule has 5 heteroatoms. The second-order valence-corrected chi connectivity index (χ2v) is 6.03. The first kappa shape index (κ1) is 14.5. The Morgan fingerprint density at radius 3 is 2.84 bits per heavy atom. The highest BCUT2D eigenvalue weighted by Gasteiger charge is 2.15. The third-order valence-corrected chi connectivity index (χ3v) is 4.47. The molecule has 0 saturated carbocycles. The summed E-state index contributed by atoms with van der Waals surface area (Å²) in [5, 5.41) is 5.18. The Hall–Kier alpha value is -0.910. The average molecular weight is 344 g/mol. The molecule has 0 aliphatic carbocycles. The van der Waals surface area contributed by atoms with Crippen LogP contribution in [0.2, 0.25) is 0 Å². The molecular weight excluding hydrogens is 329 g/mol. The molecule has 19 heavy (non-hydrogen) atoms. The van der Waals surface area contributed by atoms with Crippen molar-refractivity contribution in [1.29, 1.82) is 0 Å². The van der Waals surface area contributed by atoms with Gasteiger partial charge in [-0.05, 0) is 43.3 Å². The zero-order valence-electron chi connectivity index (χ0n) is 10.7. The maximum atomic E-state index is 13.8. The van der Waals surface area contributed by atoms with Crippen molar-refractivity contribution in [2.24, 2.45) is 0 Å². The van der Waals surface area contributed by atoms with E-state index in [-0.39, 0.29) is 11.9 Å². The van der Waals surface area contributed by atoms with Gasteiger partial charge in [0.2, 0.25) is 0 Å². The highest BCUT2D eigenvalue weighted by atomic mass is 79.9. The number of hydrogen-bond acceptors (Lipinski definition) is 3. The molecule has 1 atom stereocenters. The van der Waals surface area contributed by atoms with Crippen LogP contribution in [0.5, 0.6) is 5.75 Å². The van der Waals surface area contributed by atoms with Crippen molar-refractivity contribution in [3.8, 4) is 5.75 Å². The first-order valence-corrected chi connectivity index (χ1v) is 7.55. The van der Waals surface area contributed by atoms with Crippen LogP contribution in [0.1, 0.15) is 16.5 Å². The zero-order chi connectivity index (χ0) is 13.8. The van der Waals surface area contributed by atoms with E-state index in [0.717, 1.165) is 15.1 Å². The maximum Gasteiger partial charge on any atom is 0.129 e. The highest BCUT2D eigenvalue weighted by molar-refractivity contribution is 9.10. The number of methoxy groups -OCH3 is 1. The maximum absolute atomic E-state index is 13.8. The van der Waals surface area contributed by atoms with Crippen molar-refractivity contribution in [2.45, 2.75) is 12.5 Å². The largest absolute Gasteiger partial charge is 0.496 e.